The lowest BCUT2D eigenvalue weighted by atomic mass is 10.3. The highest BCUT2D eigenvalue weighted by Gasteiger charge is 2.12. The van der Waals surface area contributed by atoms with Crippen molar-refractivity contribution in [1.29, 1.82) is 0 Å². The Morgan fingerprint density at radius 3 is 2.81 bits per heavy atom. The van der Waals surface area contributed by atoms with Gasteiger partial charge in [0.2, 0.25) is 0 Å². The fraction of sp³-hybridized carbons (Fsp3) is 0. The molecule has 82 valence electrons. The molecule has 0 bridgehead atoms. The Morgan fingerprint density at radius 1 is 1.50 bits per heavy atom. The van der Waals surface area contributed by atoms with Crippen molar-refractivity contribution in [3.05, 3.63) is 38.8 Å². The molecule has 0 spiro atoms. The zero-order chi connectivity index (χ0) is 11.7. The first kappa shape index (κ1) is 11.3. The summed E-state index contributed by atoms with van der Waals surface area (Å²) in [5.41, 5.74) is -0.176. The zero-order valence-corrected chi connectivity index (χ0v) is 10.7. The van der Waals surface area contributed by atoms with Crippen molar-refractivity contribution in [2.75, 3.05) is 0 Å². The van der Waals surface area contributed by atoms with E-state index in [9.17, 15) is 4.79 Å². The van der Waals surface area contributed by atoms with Crippen LogP contribution < -0.4 is 0 Å². The molecular formula is C9H5ClIN3O2. The maximum atomic E-state index is 10.8. The van der Waals surface area contributed by atoms with Crippen LogP contribution in [0.2, 0.25) is 5.02 Å². The summed E-state index contributed by atoms with van der Waals surface area (Å²) < 4.78 is 2.43. The van der Waals surface area contributed by atoms with Gasteiger partial charge < -0.3 is 5.11 Å². The Hall–Kier alpha value is -1.15. The molecule has 7 heteroatoms. The minimum Gasteiger partial charge on any atom is -0.476 e. The minimum absolute atomic E-state index is 0.109. The van der Waals surface area contributed by atoms with E-state index < -0.39 is 5.97 Å². The van der Waals surface area contributed by atoms with Crippen LogP contribution >= 0.6 is 34.2 Å². The first-order valence-electron chi connectivity index (χ1n) is 4.18. The highest BCUT2D eigenvalue weighted by molar-refractivity contribution is 14.1. The Kier molecular flexibility index (Phi) is 3.10. The third-order valence-corrected chi connectivity index (χ3v) is 2.68. The van der Waals surface area contributed by atoms with Crippen LogP contribution in [0.5, 0.6) is 0 Å². The van der Waals surface area contributed by atoms with Crippen LogP contribution in [0.15, 0.2) is 24.5 Å². The Bertz CT molecular complexity index is 555. The number of carboxylic acid groups (broad SMARTS) is 1. The van der Waals surface area contributed by atoms with Gasteiger partial charge in [-0.3, -0.25) is 0 Å². The van der Waals surface area contributed by atoms with Gasteiger partial charge in [0, 0.05) is 6.20 Å². The number of hydrogen-bond acceptors (Lipinski definition) is 3. The van der Waals surface area contributed by atoms with Crippen molar-refractivity contribution >= 4 is 40.2 Å². The zero-order valence-electron chi connectivity index (χ0n) is 7.76. The monoisotopic (exact) mass is 349 g/mol. The average molecular weight is 350 g/mol. The second-order valence-corrected chi connectivity index (χ2v) is 4.56. The number of carbonyl (C=O) groups is 1. The van der Waals surface area contributed by atoms with E-state index in [2.05, 4.69) is 32.7 Å². The predicted octanol–water partition coefficient (Wildman–Crippen LogP) is 2.22. The highest BCUT2D eigenvalue weighted by atomic mass is 127. The molecule has 0 radical (unpaired) electrons. The van der Waals surface area contributed by atoms with Crippen LogP contribution in [0.4, 0.5) is 0 Å². The SMILES string of the molecule is O=C(O)c1nc(-n2cc(I)cn2)ccc1Cl. The maximum Gasteiger partial charge on any atom is 0.356 e. The number of rotatable bonds is 2. The largest absolute Gasteiger partial charge is 0.476 e. The Labute approximate surface area is 109 Å². The second kappa shape index (κ2) is 4.38. The number of carboxylic acids is 1. The molecule has 2 heterocycles. The number of halogens is 2. The maximum absolute atomic E-state index is 10.8. The van der Waals surface area contributed by atoms with Crippen molar-refractivity contribution in [2.45, 2.75) is 0 Å². The third-order valence-electron chi connectivity index (χ3n) is 1.82. The fourth-order valence-electron chi connectivity index (χ4n) is 1.14. The smallest absolute Gasteiger partial charge is 0.356 e. The summed E-state index contributed by atoms with van der Waals surface area (Å²) in [7, 11) is 0. The first-order valence-corrected chi connectivity index (χ1v) is 5.64. The van der Waals surface area contributed by atoms with E-state index in [1.165, 1.54) is 10.7 Å². The molecule has 0 aliphatic heterocycles. The molecule has 0 aliphatic rings. The van der Waals surface area contributed by atoms with Gasteiger partial charge in [-0.25, -0.2) is 14.5 Å². The van der Waals surface area contributed by atoms with Gasteiger partial charge in [0.1, 0.15) is 0 Å². The van der Waals surface area contributed by atoms with E-state index in [4.69, 9.17) is 16.7 Å². The molecule has 2 aromatic heterocycles. The summed E-state index contributed by atoms with van der Waals surface area (Å²) in [6.45, 7) is 0. The van der Waals surface area contributed by atoms with Crippen molar-refractivity contribution in [3.63, 3.8) is 0 Å². The quantitative estimate of drug-likeness (QED) is 0.844. The Morgan fingerprint density at radius 2 is 2.25 bits per heavy atom. The first-order chi connectivity index (χ1) is 7.58. The summed E-state index contributed by atoms with van der Waals surface area (Å²) in [6.07, 6.45) is 3.39. The molecule has 0 saturated heterocycles. The molecule has 16 heavy (non-hydrogen) atoms. The topological polar surface area (TPSA) is 68.0 Å². The molecule has 0 aromatic carbocycles. The molecule has 1 N–H and O–H groups in total. The lowest BCUT2D eigenvalue weighted by Gasteiger charge is -2.02. The van der Waals surface area contributed by atoms with Gasteiger partial charge in [0.25, 0.3) is 0 Å². The number of hydrogen-bond donors (Lipinski definition) is 1. The van der Waals surface area contributed by atoms with Crippen LogP contribution in [0.25, 0.3) is 5.82 Å². The molecule has 0 atom stereocenters. The molecule has 2 rings (SSSR count). The Balaban J connectivity index is 2.51. The van der Waals surface area contributed by atoms with Gasteiger partial charge >= 0.3 is 5.97 Å². The molecular weight excluding hydrogens is 344 g/mol. The van der Waals surface area contributed by atoms with Gasteiger partial charge in [-0.2, -0.15) is 5.10 Å². The number of nitrogens with zero attached hydrogens (tertiary/aromatic N) is 3. The van der Waals surface area contributed by atoms with E-state index in [0.717, 1.165) is 3.57 Å². The lowest BCUT2D eigenvalue weighted by Crippen LogP contribution is -2.06. The fourth-order valence-corrected chi connectivity index (χ4v) is 1.71. The van der Waals surface area contributed by atoms with Crippen LogP contribution in [0.3, 0.4) is 0 Å². The highest BCUT2D eigenvalue weighted by Crippen LogP contribution is 2.16. The van der Waals surface area contributed by atoms with Crippen LogP contribution in [0, 0.1) is 3.57 Å². The molecule has 5 nitrogen and oxygen atoms in total. The number of aromatic carboxylic acids is 1. The standard InChI is InChI=1S/C9H5ClIN3O2/c10-6-1-2-7(13-8(6)9(15)16)14-4-5(11)3-12-14/h1-4H,(H,15,16). The summed E-state index contributed by atoms with van der Waals surface area (Å²) in [5, 5.41) is 13.0. The van der Waals surface area contributed by atoms with E-state index in [1.807, 2.05) is 0 Å². The molecule has 0 saturated carbocycles. The van der Waals surface area contributed by atoms with Gasteiger partial charge in [-0.15, -0.1) is 0 Å². The molecule has 0 unspecified atom stereocenters. The van der Waals surface area contributed by atoms with E-state index >= 15 is 0 Å². The van der Waals surface area contributed by atoms with Crippen molar-refractivity contribution in [2.24, 2.45) is 0 Å². The minimum atomic E-state index is -1.16. The molecule has 0 fully saturated rings. The van der Waals surface area contributed by atoms with E-state index in [1.54, 1.807) is 18.5 Å². The van der Waals surface area contributed by atoms with Gasteiger partial charge in [0.15, 0.2) is 11.5 Å². The predicted molar refractivity (Wildman–Crippen MR) is 66.0 cm³/mol. The normalized spacial score (nSPS) is 10.4. The summed E-state index contributed by atoms with van der Waals surface area (Å²) in [5.74, 6) is -0.738. The van der Waals surface area contributed by atoms with Crippen LogP contribution in [-0.2, 0) is 0 Å². The van der Waals surface area contributed by atoms with Crippen molar-refractivity contribution < 1.29 is 9.90 Å². The van der Waals surface area contributed by atoms with Gasteiger partial charge in [-0.05, 0) is 34.7 Å². The summed E-state index contributed by atoms with van der Waals surface area (Å²) >= 11 is 7.81. The lowest BCUT2D eigenvalue weighted by molar-refractivity contribution is 0.0690. The molecule has 0 aliphatic carbocycles. The summed E-state index contributed by atoms with van der Waals surface area (Å²) in [6, 6.07) is 3.10. The molecule has 2 aromatic rings. The van der Waals surface area contributed by atoms with Crippen LogP contribution in [0.1, 0.15) is 10.5 Å². The second-order valence-electron chi connectivity index (χ2n) is 2.91. The average Bonchev–Trinajstić information content (AvgIpc) is 2.65. The van der Waals surface area contributed by atoms with Gasteiger partial charge in [0.05, 0.1) is 14.8 Å². The third kappa shape index (κ3) is 2.17. The van der Waals surface area contributed by atoms with E-state index in [-0.39, 0.29) is 10.7 Å². The molecule has 0 amide bonds. The van der Waals surface area contributed by atoms with Gasteiger partial charge in [-0.1, -0.05) is 11.6 Å². The van der Waals surface area contributed by atoms with Crippen molar-refractivity contribution in [3.8, 4) is 5.82 Å². The van der Waals surface area contributed by atoms with Crippen molar-refractivity contribution in [1.82, 2.24) is 14.8 Å². The number of aromatic nitrogens is 3. The number of pyridine rings is 1. The van der Waals surface area contributed by atoms with Crippen LogP contribution in [-0.4, -0.2) is 25.8 Å². The van der Waals surface area contributed by atoms with E-state index in [0.29, 0.717) is 5.82 Å². The summed E-state index contributed by atoms with van der Waals surface area (Å²) in [4.78, 5) is 14.8.